The van der Waals surface area contributed by atoms with E-state index in [1.807, 2.05) is 6.07 Å². The number of halogens is 6. The van der Waals surface area contributed by atoms with E-state index in [0.29, 0.717) is 18.8 Å². The third kappa shape index (κ3) is 5.03. The summed E-state index contributed by atoms with van der Waals surface area (Å²) in [6.07, 6.45) is -8.86. The molecule has 2 aromatic carbocycles. The molecule has 0 saturated carbocycles. The number of para-hydroxylation sites is 1. The summed E-state index contributed by atoms with van der Waals surface area (Å²) >= 11 is 0. The summed E-state index contributed by atoms with van der Waals surface area (Å²) in [6, 6.07) is 13.3. The summed E-state index contributed by atoms with van der Waals surface area (Å²) in [5.41, 5.74) is -0.306. The number of fused-ring (bicyclic) bond motifs is 1. The molecule has 6 nitrogen and oxygen atoms in total. The molecule has 37 heavy (non-hydrogen) atoms. The Balaban J connectivity index is 1.91. The summed E-state index contributed by atoms with van der Waals surface area (Å²) in [5, 5.41) is 9.83. The van der Waals surface area contributed by atoms with Crippen LogP contribution >= 0.6 is 0 Å². The molecule has 0 amide bonds. The summed E-state index contributed by atoms with van der Waals surface area (Å²) in [5.74, 6) is 0. The van der Waals surface area contributed by atoms with Crippen LogP contribution in [0.25, 0.3) is 28.0 Å². The predicted molar refractivity (Wildman–Crippen MR) is 122 cm³/mol. The number of nitrogens with one attached hydrogen (secondary N) is 1. The van der Waals surface area contributed by atoms with Crippen LogP contribution in [0, 0.1) is 11.3 Å². The van der Waals surface area contributed by atoms with Crippen LogP contribution in [-0.2, 0) is 16.2 Å². The molecule has 0 aliphatic heterocycles. The smallest absolute Gasteiger partial charge is 0.293 e. The third-order valence-electron chi connectivity index (χ3n) is 5.52. The van der Waals surface area contributed by atoms with Gasteiger partial charge in [-0.3, -0.25) is 4.57 Å². The highest BCUT2D eigenvalue weighted by Gasteiger charge is 2.39. The van der Waals surface area contributed by atoms with Crippen LogP contribution in [0.2, 0.25) is 0 Å². The summed E-state index contributed by atoms with van der Waals surface area (Å²) in [4.78, 5) is 3.50. The fourth-order valence-corrected chi connectivity index (χ4v) is 4.92. The van der Waals surface area contributed by atoms with Gasteiger partial charge in [0.2, 0.25) is 10.0 Å². The number of benzene rings is 2. The van der Waals surface area contributed by atoms with Crippen LogP contribution in [-0.4, -0.2) is 30.2 Å². The lowest BCUT2D eigenvalue weighted by molar-refractivity contribution is -0.147. The van der Waals surface area contributed by atoms with E-state index in [-0.39, 0.29) is 27.9 Å². The first-order valence-electron chi connectivity index (χ1n) is 10.5. The molecule has 0 unspecified atom stereocenters. The van der Waals surface area contributed by atoms with Gasteiger partial charge in [0, 0.05) is 22.8 Å². The zero-order valence-corrected chi connectivity index (χ0v) is 19.6. The highest BCUT2D eigenvalue weighted by atomic mass is 32.2. The molecule has 0 fully saturated rings. The number of sulfonamides is 1. The Morgan fingerprint density at radius 3 is 2.16 bits per heavy atom. The maximum absolute atomic E-state index is 13.4. The van der Waals surface area contributed by atoms with Crippen LogP contribution in [0.1, 0.15) is 18.1 Å². The van der Waals surface area contributed by atoms with E-state index < -0.39 is 38.9 Å². The Labute approximate surface area is 206 Å². The number of pyridine rings is 1. The normalized spacial score (nSPS) is 13.5. The van der Waals surface area contributed by atoms with Gasteiger partial charge in [-0.25, -0.2) is 13.4 Å². The van der Waals surface area contributed by atoms with Crippen molar-refractivity contribution in [1.82, 2.24) is 14.3 Å². The van der Waals surface area contributed by atoms with Gasteiger partial charge in [-0.05, 0) is 37.3 Å². The minimum Gasteiger partial charge on any atom is -0.293 e. The molecule has 0 spiro atoms. The quantitative estimate of drug-likeness (QED) is 0.325. The van der Waals surface area contributed by atoms with Crippen molar-refractivity contribution in [1.29, 1.82) is 5.26 Å². The zero-order chi connectivity index (χ0) is 27.2. The Morgan fingerprint density at radius 1 is 1.00 bits per heavy atom. The van der Waals surface area contributed by atoms with Gasteiger partial charge < -0.3 is 0 Å². The van der Waals surface area contributed by atoms with Gasteiger partial charge in [-0.15, -0.1) is 0 Å². The second-order valence-electron chi connectivity index (χ2n) is 8.01. The molecular weight excluding hydrogens is 522 g/mol. The van der Waals surface area contributed by atoms with Gasteiger partial charge in [-0.2, -0.15) is 36.3 Å². The average Bonchev–Trinajstić information content (AvgIpc) is 3.17. The van der Waals surface area contributed by atoms with Gasteiger partial charge >= 0.3 is 12.4 Å². The van der Waals surface area contributed by atoms with E-state index >= 15 is 0 Å². The van der Waals surface area contributed by atoms with Gasteiger partial charge in [0.1, 0.15) is 17.8 Å². The molecule has 1 N–H and O–H groups in total. The lowest BCUT2D eigenvalue weighted by Gasteiger charge is -2.17. The molecule has 1 atom stereocenters. The van der Waals surface area contributed by atoms with E-state index in [1.165, 1.54) is 16.7 Å². The lowest BCUT2D eigenvalue weighted by atomic mass is 10.1. The Morgan fingerprint density at radius 2 is 1.62 bits per heavy atom. The molecule has 0 bridgehead atoms. The number of hydrogen-bond acceptors (Lipinski definition) is 4. The molecule has 13 heteroatoms. The minimum absolute atomic E-state index is 0.0584. The maximum atomic E-state index is 13.4. The van der Waals surface area contributed by atoms with E-state index in [4.69, 9.17) is 0 Å². The topological polar surface area (TPSA) is 87.8 Å². The first kappa shape index (κ1) is 26.2. The van der Waals surface area contributed by atoms with Crippen LogP contribution in [0.3, 0.4) is 0 Å². The van der Waals surface area contributed by atoms with E-state index in [1.54, 1.807) is 35.1 Å². The Bertz CT molecular complexity index is 1600. The fourth-order valence-electron chi connectivity index (χ4n) is 3.69. The molecule has 0 radical (unpaired) electrons. The van der Waals surface area contributed by atoms with Crippen molar-refractivity contribution in [3.05, 3.63) is 78.0 Å². The van der Waals surface area contributed by atoms with Crippen molar-refractivity contribution in [2.45, 2.75) is 30.2 Å². The van der Waals surface area contributed by atoms with Crippen molar-refractivity contribution in [2.24, 2.45) is 0 Å². The largest absolute Gasteiger partial charge is 0.417 e. The van der Waals surface area contributed by atoms with E-state index in [9.17, 15) is 40.0 Å². The SMILES string of the molecule is C[C@H](NS(=O)(=O)c1ccc(-c2c(C#N)c3cc(C(F)(F)F)cnc3n2-c2ccccc2)cc1)C(F)(F)F. The van der Waals surface area contributed by atoms with Crippen LogP contribution in [0.4, 0.5) is 26.3 Å². The molecule has 4 aromatic rings. The predicted octanol–water partition coefficient (Wildman–Crippen LogP) is 5.81. The van der Waals surface area contributed by atoms with E-state index in [0.717, 1.165) is 18.2 Å². The first-order chi connectivity index (χ1) is 17.2. The van der Waals surface area contributed by atoms with Crippen LogP contribution in [0.15, 0.2) is 71.8 Å². The van der Waals surface area contributed by atoms with Crippen molar-refractivity contribution in [3.8, 4) is 23.0 Å². The molecule has 0 saturated heterocycles. The van der Waals surface area contributed by atoms with Gasteiger partial charge in [-0.1, -0.05) is 30.3 Å². The highest BCUT2D eigenvalue weighted by molar-refractivity contribution is 7.89. The molecule has 2 aromatic heterocycles. The van der Waals surface area contributed by atoms with Crippen molar-refractivity contribution < 1.29 is 34.8 Å². The highest BCUT2D eigenvalue weighted by Crippen LogP contribution is 2.38. The summed E-state index contributed by atoms with van der Waals surface area (Å²) in [7, 11) is -4.55. The number of alkyl halides is 6. The van der Waals surface area contributed by atoms with Crippen LogP contribution < -0.4 is 4.72 Å². The molecular formula is C24H16F6N4O2S. The zero-order valence-electron chi connectivity index (χ0n) is 18.8. The Kier molecular flexibility index (Phi) is 6.51. The molecule has 2 heterocycles. The number of nitriles is 1. The third-order valence-corrected chi connectivity index (χ3v) is 7.08. The fraction of sp³-hybridized carbons (Fsp3) is 0.167. The lowest BCUT2D eigenvalue weighted by Crippen LogP contribution is -2.42. The number of rotatable bonds is 5. The second kappa shape index (κ2) is 9.20. The molecule has 0 aliphatic rings. The molecule has 4 rings (SSSR count). The summed E-state index contributed by atoms with van der Waals surface area (Å²) in [6.45, 7) is 0.658. The first-order valence-corrected chi connectivity index (χ1v) is 12.0. The number of aromatic nitrogens is 2. The van der Waals surface area contributed by atoms with Crippen LogP contribution in [0.5, 0.6) is 0 Å². The Hall–Kier alpha value is -3.89. The maximum Gasteiger partial charge on any atom is 0.417 e. The minimum atomic E-state index is -4.80. The van der Waals surface area contributed by atoms with Crippen molar-refractivity contribution in [2.75, 3.05) is 0 Å². The van der Waals surface area contributed by atoms with Crippen molar-refractivity contribution >= 4 is 21.1 Å². The van der Waals surface area contributed by atoms with E-state index in [2.05, 4.69) is 4.98 Å². The van der Waals surface area contributed by atoms with Gasteiger partial charge in [0.15, 0.2) is 0 Å². The van der Waals surface area contributed by atoms with Crippen molar-refractivity contribution in [3.63, 3.8) is 0 Å². The van der Waals surface area contributed by atoms with Gasteiger partial charge in [0.05, 0.1) is 21.7 Å². The molecule has 0 aliphatic carbocycles. The molecule has 192 valence electrons. The standard InChI is InChI=1S/C24H16F6N4O2S/c1-14(23(25,26)27)33-37(35,36)18-9-7-15(8-10-18)21-20(12-31)19-11-16(24(28,29)30)13-32-22(19)34(21)17-5-3-2-4-6-17/h2-11,13-14,33H,1H3/t14-/m0/s1. The monoisotopic (exact) mass is 538 g/mol. The number of nitrogens with zero attached hydrogens (tertiary/aromatic N) is 3. The average molecular weight is 538 g/mol. The summed E-state index contributed by atoms with van der Waals surface area (Å²) < 4.78 is 106. The van der Waals surface area contributed by atoms with Gasteiger partial charge in [0.25, 0.3) is 0 Å². The second-order valence-corrected chi connectivity index (χ2v) is 9.72. The number of hydrogen-bond donors (Lipinski definition) is 1.